The van der Waals surface area contributed by atoms with Crippen molar-refractivity contribution < 1.29 is 4.42 Å². The van der Waals surface area contributed by atoms with E-state index in [1.54, 1.807) is 6.26 Å². The highest BCUT2D eigenvalue weighted by atomic mass is 16.3. The Hall–Kier alpha value is -1.02. The molecule has 0 N–H and O–H groups in total. The SMILES string of the molecule is CC1C/C(=C\c2ccco2)C(C)N(C)C1. The maximum absolute atomic E-state index is 5.36. The molecule has 0 aromatic carbocycles. The number of likely N-dealkylation sites (N-methyl/N-ethyl adjacent to an activating group) is 1. The number of likely N-dealkylation sites (tertiary alicyclic amines) is 1. The van der Waals surface area contributed by atoms with Gasteiger partial charge in [0.2, 0.25) is 0 Å². The number of furan rings is 1. The fraction of sp³-hybridized carbons (Fsp3) is 0.538. The maximum atomic E-state index is 5.36. The van der Waals surface area contributed by atoms with Gasteiger partial charge >= 0.3 is 0 Å². The Bertz CT molecular complexity index is 339. The number of piperidine rings is 1. The van der Waals surface area contributed by atoms with Gasteiger partial charge in [-0.25, -0.2) is 0 Å². The zero-order valence-electron chi connectivity index (χ0n) is 9.73. The Labute approximate surface area is 91.6 Å². The first-order valence-corrected chi connectivity index (χ1v) is 5.61. The summed E-state index contributed by atoms with van der Waals surface area (Å²) in [6.45, 7) is 5.76. The first kappa shape index (κ1) is 10.5. The summed E-state index contributed by atoms with van der Waals surface area (Å²) in [5, 5.41) is 0. The Morgan fingerprint density at radius 3 is 2.93 bits per heavy atom. The molecule has 1 aliphatic heterocycles. The van der Waals surface area contributed by atoms with E-state index in [2.05, 4.69) is 31.9 Å². The topological polar surface area (TPSA) is 16.4 Å². The minimum atomic E-state index is 0.534. The van der Waals surface area contributed by atoms with Crippen LogP contribution in [-0.2, 0) is 0 Å². The molecule has 0 saturated carbocycles. The van der Waals surface area contributed by atoms with Gasteiger partial charge in [0.25, 0.3) is 0 Å². The summed E-state index contributed by atoms with van der Waals surface area (Å²) in [6.07, 6.45) is 5.11. The first-order valence-electron chi connectivity index (χ1n) is 5.61. The van der Waals surface area contributed by atoms with Crippen LogP contribution in [0.25, 0.3) is 6.08 Å². The lowest BCUT2D eigenvalue weighted by Gasteiger charge is -2.36. The molecule has 2 atom stereocenters. The third-order valence-corrected chi connectivity index (χ3v) is 3.25. The van der Waals surface area contributed by atoms with E-state index in [0.717, 1.165) is 11.7 Å². The first-order chi connectivity index (χ1) is 7.16. The van der Waals surface area contributed by atoms with Gasteiger partial charge in [0, 0.05) is 12.6 Å². The molecule has 0 aliphatic carbocycles. The molecule has 2 unspecified atom stereocenters. The highest BCUT2D eigenvalue weighted by molar-refractivity contribution is 5.49. The largest absolute Gasteiger partial charge is 0.465 e. The second-order valence-electron chi connectivity index (χ2n) is 4.66. The molecule has 15 heavy (non-hydrogen) atoms. The average molecular weight is 205 g/mol. The predicted octanol–water partition coefficient (Wildman–Crippen LogP) is 3.02. The molecule has 0 bridgehead atoms. The van der Waals surface area contributed by atoms with Crippen molar-refractivity contribution in [3.05, 3.63) is 29.7 Å². The van der Waals surface area contributed by atoms with E-state index in [4.69, 9.17) is 4.42 Å². The highest BCUT2D eigenvalue weighted by Crippen LogP contribution is 2.27. The van der Waals surface area contributed by atoms with Crippen molar-refractivity contribution in [2.45, 2.75) is 26.3 Å². The van der Waals surface area contributed by atoms with Crippen LogP contribution in [0.2, 0.25) is 0 Å². The van der Waals surface area contributed by atoms with Gasteiger partial charge in [0.15, 0.2) is 0 Å². The maximum Gasteiger partial charge on any atom is 0.126 e. The zero-order chi connectivity index (χ0) is 10.8. The summed E-state index contributed by atoms with van der Waals surface area (Å²) < 4.78 is 5.36. The van der Waals surface area contributed by atoms with E-state index in [-0.39, 0.29) is 0 Å². The van der Waals surface area contributed by atoms with Crippen molar-refractivity contribution in [1.29, 1.82) is 0 Å². The van der Waals surface area contributed by atoms with Gasteiger partial charge in [-0.05, 0) is 50.1 Å². The summed E-state index contributed by atoms with van der Waals surface area (Å²) in [4.78, 5) is 2.41. The molecule has 1 fully saturated rings. The fourth-order valence-electron chi connectivity index (χ4n) is 2.31. The molecule has 0 radical (unpaired) electrons. The van der Waals surface area contributed by atoms with Crippen molar-refractivity contribution >= 4 is 6.08 Å². The summed E-state index contributed by atoms with van der Waals surface area (Å²) in [5.41, 5.74) is 1.48. The van der Waals surface area contributed by atoms with Crippen LogP contribution in [0.3, 0.4) is 0 Å². The van der Waals surface area contributed by atoms with Gasteiger partial charge in [-0.1, -0.05) is 6.92 Å². The second kappa shape index (κ2) is 4.23. The fourth-order valence-corrected chi connectivity index (χ4v) is 2.31. The van der Waals surface area contributed by atoms with Crippen LogP contribution in [0.5, 0.6) is 0 Å². The van der Waals surface area contributed by atoms with Gasteiger partial charge in [-0.15, -0.1) is 0 Å². The minimum absolute atomic E-state index is 0.534. The van der Waals surface area contributed by atoms with E-state index >= 15 is 0 Å². The average Bonchev–Trinajstić information content (AvgIpc) is 2.66. The molecule has 1 aromatic heterocycles. The smallest absolute Gasteiger partial charge is 0.126 e. The van der Waals surface area contributed by atoms with E-state index < -0.39 is 0 Å². The zero-order valence-corrected chi connectivity index (χ0v) is 9.73. The molecule has 1 aliphatic rings. The van der Waals surface area contributed by atoms with Crippen LogP contribution in [0.15, 0.2) is 28.4 Å². The molecular formula is C13H19NO. The third-order valence-electron chi connectivity index (χ3n) is 3.25. The number of rotatable bonds is 1. The van der Waals surface area contributed by atoms with Crippen LogP contribution in [-0.4, -0.2) is 24.5 Å². The predicted molar refractivity (Wildman–Crippen MR) is 62.6 cm³/mol. The van der Waals surface area contributed by atoms with Crippen LogP contribution >= 0.6 is 0 Å². The monoisotopic (exact) mass is 205 g/mol. The Morgan fingerprint density at radius 1 is 1.47 bits per heavy atom. The van der Waals surface area contributed by atoms with Gasteiger partial charge in [0.05, 0.1) is 6.26 Å². The lowest BCUT2D eigenvalue weighted by molar-refractivity contribution is 0.207. The van der Waals surface area contributed by atoms with Crippen molar-refractivity contribution in [2.24, 2.45) is 5.92 Å². The van der Waals surface area contributed by atoms with Crippen molar-refractivity contribution in [3.8, 4) is 0 Å². The van der Waals surface area contributed by atoms with Crippen molar-refractivity contribution in [2.75, 3.05) is 13.6 Å². The highest BCUT2D eigenvalue weighted by Gasteiger charge is 2.23. The van der Waals surface area contributed by atoms with Crippen molar-refractivity contribution in [1.82, 2.24) is 4.90 Å². The normalized spacial score (nSPS) is 31.0. The van der Waals surface area contributed by atoms with Gasteiger partial charge in [-0.2, -0.15) is 0 Å². The molecule has 0 amide bonds. The number of nitrogens with zero attached hydrogens (tertiary/aromatic N) is 1. The number of hydrogen-bond donors (Lipinski definition) is 0. The Balaban J connectivity index is 2.20. The lowest BCUT2D eigenvalue weighted by atomic mass is 9.90. The molecule has 2 heterocycles. The van der Waals surface area contributed by atoms with Crippen LogP contribution in [0.4, 0.5) is 0 Å². The summed E-state index contributed by atoms with van der Waals surface area (Å²) in [5.74, 6) is 1.71. The molecule has 1 saturated heterocycles. The van der Waals surface area contributed by atoms with Crippen LogP contribution in [0.1, 0.15) is 26.0 Å². The Morgan fingerprint density at radius 2 is 2.27 bits per heavy atom. The Kier molecular flexibility index (Phi) is 2.96. The summed E-state index contributed by atoms with van der Waals surface area (Å²) in [7, 11) is 2.19. The standard InChI is InChI=1S/C13H19NO/c1-10-7-12(11(2)14(3)9-10)8-13-5-4-6-15-13/h4-6,8,10-11H,7,9H2,1-3H3/b12-8+. The van der Waals surface area contributed by atoms with E-state index in [1.807, 2.05) is 12.1 Å². The van der Waals surface area contributed by atoms with E-state index in [1.165, 1.54) is 18.5 Å². The van der Waals surface area contributed by atoms with Crippen molar-refractivity contribution in [3.63, 3.8) is 0 Å². The van der Waals surface area contributed by atoms with Gasteiger partial charge < -0.3 is 4.42 Å². The molecule has 0 spiro atoms. The van der Waals surface area contributed by atoms with Gasteiger partial charge in [0.1, 0.15) is 5.76 Å². The minimum Gasteiger partial charge on any atom is -0.465 e. The molecule has 2 heteroatoms. The van der Waals surface area contributed by atoms with E-state index in [0.29, 0.717) is 6.04 Å². The summed E-state index contributed by atoms with van der Waals surface area (Å²) in [6, 6.07) is 4.48. The number of hydrogen-bond acceptors (Lipinski definition) is 2. The third kappa shape index (κ3) is 2.32. The van der Waals surface area contributed by atoms with E-state index in [9.17, 15) is 0 Å². The van der Waals surface area contributed by atoms with Gasteiger partial charge in [-0.3, -0.25) is 4.90 Å². The lowest BCUT2D eigenvalue weighted by Crippen LogP contribution is -2.39. The molecule has 2 nitrogen and oxygen atoms in total. The molecule has 1 aromatic rings. The molecular weight excluding hydrogens is 186 g/mol. The molecule has 82 valence electrons. The van der Waals surface area contributed by atoms with Crippen LogP contribution in [0, 0.1) is 5.92 Å². The van der Waals surface area contributed by atoms with Crippen LogP contribution < -0.4 is 0 Å². The summed E-state index contributed by atoms with van der Waals surface area (Å²) >= 11 is 0. The second-order valence-corrected chi connectivity index (χ2v) is 4.66. The quantitative estimate of drug-likeness (QED) is 0.700. The molecule has 2 rings (SSSR count).